The number of aryl methyl sites for hydroxylation is 2. The fourth-order valence-corrected chi connectivity index (χ4v) is 4.12. The number of hydrogen-bond donors (Lipinski definition) is 1. The van der Waals surface area contributed by atoms with Crippen LogP contribution < -0.4 is 5.43 Å². The van der Waals surface area contributed by atoms with Crippen LogP contribution in [0.2, 0.25) is 5.02 Å². The molecule has 0 saturated heterocycles. The largest absolute Gasteiger partial charge is 0.318 e. The van der Waals surface area contributed by atoms with Crippen molar-refractivity contribution in [3.63, 3.8) is 0 Å². The van der Waals surface area contributed by atoms with Crippen molar-refractivity contribution in [2.24, 2.45) is 5.10 Å². The predicted molar refractivity (Wildman–Crippen MR) is 122 cm³/mol. The highest BCUT2D eigenvalue weighted by atomic mass is 35.5. The summed E-state index contributed by atoms with van der Waals surface area (Å²) in [6.07, 6.45) is 1.70. The van der Waals surface area contributed by atoms with Gasteiger partial charge in [0.05, 0.1) is 11.5 Å². The second kappa shape index (κ2) is 9.33. The van der Waals surface area contributed by atoms with E-state index in [1.807, 2.05) is 43.3 Å². The van der Waals surface area contributed by atoms with Gasteiger partial charge < -0.3 is 4.57 Å². The Morgan fingerprint density at radius 1 is 1.14 bits per heavy atom. The van der Waals surface area contributed by atoms with Crippen molar-refractivity contribution in [2.45, 2.75) is 37.8 Å². The molecule has 0 unspecified atom stereocenters. The normalized spacial score (nSPS) is 12.3. The van der Waals surface area contributed by atoms with E-state index in [-0.39, 0.29) is 11.2 Å². The Hall–Kier alpha value is -2.50. The molecule has 0 aliphatic rings. The van der Waals surface area contributed by atoms with Gasteiger partial charge in [0.2, 0.25) is 0 Å². The van der Waals surface area contributed by atoms with Gasteiger partial charge in [-0.15, -0.1) is 11.8 Å². The summed E-state index contributed by atoms with van der Waals surface area (Å²) < 4.78 is 2.21. The zero-order valence-corrected chi connectivity index (χ0v) is 18.5. The van der Waals surface area contributed by atoms with Gasteiger partial charge in [-0.1, -0.05) is 29.8 Å². The van der Waals surface area contributed by atoms with E-state index in [0.717, 1.165) is 27.5 Å². The lowest BCUT2D eigenvalue weighted by Crippen LogP contribution is -2.26. The molecule has 0 fully saturated rings. The maximum Gasteiger partial charge on any atom is 0.253 e. The monoisotopic (exact) mass is 425 g/mol. The van der Waals surface area contributed by atoms with Crippen molar-refractivity contribution >= 4 is 35.5 Å². The van der Waals surface area contributed by atoms with E-state index in [1.54, 1.807) is 6.21 Å². The molecule has 2 aromatic carbocycles. The van der Waals surface area contributed by atoms with E-state index >= 15 is 0 Å². The molecule has 0 radical (unpaired) electrons. The topological polar surface area (TPSA) is 46.4 Å². The Morgan fingerprint density at radius 3 is 2.52 bits per heavy atom. The summed E-state index contributed by atoms with van der Waals surface area (Å²) in [6.45, 7) is 8.08. The standard InChI is InChI=1S/C23H24ClN3OS/c1-15-7-5-6-8-22(15)27-16(2)13-19(17(27)3)14-25-26-23(28)18(4)29-21-11-9-20(24)10-12-21/h5-14,18H,1-4H3,(H,26,28)/b25-14-/t18-/m0/s1. The highest BCUT2D eigenvalue weighted by Gasteiger charge is 2.14. The van der Waals surface area contributed by atoms with Crippen molar-refractivity contribution < 1.29 is 4.79 Å². The van der Waals surface area contributed by atoms with Crippen molar-refractivity contribution in [1.82, 2.24) is 9.99 Å². The summed E-state index contributed by atoms with van der Waals surface area (Å²) in [5, 5.41) is 4.59. The van der Waals surface area contributed by atoms with Gasteiger partial charge >= 0.3 is 0 Å². The van der Waals surface area contributed by atoms with E-state index in [0.29, 0.717) is 5.02 Å². The van der Waals surface area contributed by atoms with E-state index in [4.69, 9.17) is 11.6 Å². The van der Waals surface area contributed by atoms with E-state index in [2.05, 4.69) is 54.1 Å². The first-order chi connectivity index (χ1) is 13.9. The maximum atomic E-state index is 12.4. The quantitative estimate of drug-likeness (QED) is 0.313. The lowest BCUT2D eigenvalue weighted by atomic mass is 10.2. The van der Waals surface area contributed by atoms with Crippen molar-refractivity contribution in [3.8, 4) is 5.69 Å². The average Bonchev–Trinajstić information content (AvgIpc) is 2.97. The number of carbonyl (C=O) groups is 1. The van der Waals surface area contributed by atoms with Gasteiger partial charge in [-0.25, -0.2) is 5.43 Å². The molecule has 0 saturated carbocycles. The SMILES string of the molecule is Cc1ccccc1-n1c(C)cc(/C=N\NC(=O)[C@H](C)Sc2ccc(Cl)cc2)c1C. The van der Waals surface area contributed by atoms with Gasteiger partial charge in [-0.2, -0.15) is 5.10 Å². The summed E-state index contributed by atoms with van der Waals surface area (Å²) in [5.74, 6) is -0.145. The first-order valence-electron chi connectivity index (χ1n) is 9.37. The summed E-state index contributed by atoms with van der Waals surface area (Å²) in [5.41, 5.74) is 8.18. The molecule has 150 valence electrons. The van der Waals surface area contributed by atoms with Gasteiger partial charge in [0, 0.05) is 32.6 Å². The molecule has 29 heavy (non-hydrogen) atoms. The Bertz CT molecular complexity index is 1040. The number of para-hydroxylation sites is 1. The molecule has 0 aliphatic carbocycles. The molecular weight excluding hydrogens is 402 g/mol. The Morgan fingerprint density at radius 2 is 1.83 bits per heavy atom. The van der Waals surface area contributed by atoms with E-state index in [1.165, 1.54) is 17.3 Å². The smallest absolute Gasteiger partial charge is 0.253 e. The number of nitrogens with one attached hydrogen (secondary N) is 1. The number of rotatable bonds is 6. The van der Waals surface area contributed by atoms with Crippen LogP contribution in [0.25, 0.3) is 5.69 Å². The molecule has 6 heteroatoms. The molecule has 3 rings (SSSR count). The highest BCUT2D eigenvalue weighted by molar-refractivity contribution is 8.00. The predicted octanol–water partition coefficient (Wildman–Crippen LogP) is 5.69. The fraction of sp³-hybridized carbons (Fsp3) is 0.217. The van der Waals surface area contributed by atoms with Crippen LogP contribution in [0.5, 0.6) is 0 Å². The first kappa shape index (κ1) is 21.2. The number of halogens is 1. The minimum atomic E-state index is -0.271. The number of carbonyl (C=O) groups excluding carboxylic acids is 1. The third-order valence-electron chi connectivity index (χ3n) is 4.70. The number of aromatic nitrogens is 1. The number of thioether (sulfide) groups is 1. The zero-order valence-electron chi connectivity index (χ0n) is 16.9. The number of amides is 1. The van der Waals surface area contributed by atoms with E-state index in [9.17, 15) is 4.79 Å². The molecule has 0 bridgehead atoms. The molecule has 0 spiro atoms. The molecular formula is C23H24ClN3OS. The lowest BCUT2D eigenvalue weighted by Gasteiger charge is -2.12. The zero-order chi connectivity index (χ0) is 21.0. The highest BCUT2D eigenvalue weighted by Crippen LogP contribution is 2.25. The third-order valence-corrected chi connectivity index (χ3v) is 6.06. The summed E-state index contributed by atoms with van der Waals surface area (Å²) in [7, 11) is 0. The minimum Gasteiger partial charge on any atom is -0.318 e. The first-order valence-corrected chi connectivity index (χ1v) is 10.6. The molecule has 0 aliphatic heterocycles. The molecule has 1 atom stereocenters. The number of hydrogen-bond acceptors (Lipinski definition) is 3. The lowest BCUT2D eigenvalue weighted by molar-refractivity contribution is -0.120. The number of hydrazone groups is 1. The fourth-order valence-electron chi connectivity index (χ4n) is 3.13. The second-order valence-corrected chi connectivity index (χ2v) is 8.75. The average molecular weight is 426 g/mol. The van der Waals surface area contributed by atoms with Crippen LogP contribution in [0.15, 0.2) is 64.6 Å². The summed E-state index contributed by atoms with van der Waals surface area (Å²) in [4.78, 5) is 13.3. The number of benzene rings is 2. The van der Waals surface area contributed by atoms with Crippen molar-refractivity contribution in [3.05, 3.63) is 82.1 Å². The Balaban J connectivity index is 1.67. The number of nitrogens with zero attached hydrogens (tertiary/aromatic N) is 2. The van der Waals surface area contributed by atoms with Crippen LogP contribution in [0.4, 0.5) is 0 Å². The molecule has 1 amide bonds. The van der Waals surface area contributed by atoms with Crippen LogP contribution in [-0.4, -0.2) is 21.9 Å². The summed E-state index contributed by atoms with van der Waals surface area (Å²) in [6, 6.07) is 17.8. The molecule has 1 N–H and O–H groups in total. The van der Waals surface area contributed by atoms with Crippen LogP contribution in [0.1, 0.15) is 29.4 Å². The molecule has 4 nitrogen and oxygen atoms in total. The van der Waals surface area contributed by atoms with Gasteiger partial charge in [0.15, 0.2) is 0 Å². The van der Waals surface area contributed by atoms with Crippen molar-refractivity contribution in [2.75, 3.05) is 0 Å². The molecule has 1 aromatic heterocycles. The summed E-state index contributed by atoms with van der Waals surface area (Å²) >= 11 is 7.37. The minimum absolute atomic E-state index is 0.145. The van der Waals surface area contributed by atoms with Gasteiger partial charge in [-0.3, -0.25) is 4.79 Å². The van der Waals surface area contributed by atoms with Gasteiger partial charge in [-0.05, 0) is 69.7 Å². The van der Waals surface area contributed by atoms with Gasteiger partial charge in [0.1, 0.15) is 0 Å². The maximum absolute atomic E-state index is 12.4. The van der Waals surface area contributed by atoms with Crippen LogP contribution in [0.3, 0.4) is 0 Å². The van der Waals surface area contributed by atoms with Crippen LogP contribution >= 0.6 is 23.4 Å². The molecule has 1 heterocycles. The third kappa shape index (κ3) is 5.11. The second-order valence-electron chi connectivity index (χ2n) is 6.90. The Labute approximate surface area is 181 Å². The van der Waals surface area contributed by atoms with E-state index < -0.39 is 0 Å². The van der Waals surface area contributed by atoms with Gasteiger partial charge in [0.25, 0.3) is 5.91 Å². The van der Waals surface area contributed by atoms with Crippen molar-refractivity contribution in [1.29, 1.82) is 0 Å². The van der Waals surface area contributed by atoms with Crippen LogP contribution in [0, 0.1) is 20.8 Å². The van der Waals surface area contributed by atoms with Crippen LogP contribution in [-0.2, 0) is 4.79 Å². The Kier molecular flexibility index (Phi) is 6.83. The molecule has 3 aromatic rings.